The number of rotatable bonds is 2. The number of ether oxygens (including phenoxy) is 2. The summed E-state index contributed by atoms with van der Waals surface area (Å²) in [7, 11) is 1.46. The molecule has 0 saturated carbocycles. The van der Waals surface area contributed by atoms with E-state index in [9.17, 15) is 4.79 Å². The molecule has 0 amide bonds. The van der Waals surface area contributed by atoms with Crippen molar-refractivity contribution in [2.24, 2.45) is 0 Å². The Bertz CT molecular complexity index is 622. The van der Waals surface area contributed by atoms with Gasteiger partial charge in [-0.25, -0.2) is 0 Å². The number of carbonyl (C=O) groups is 1. The number of hydrogen-bond acceptors (Lipinski definition) is 3. The Balaban J connectivity index is 2.21. The van der Waals surface area contributed by atoms with E-state index in [1.54, 1.807) is 0 Å². The summed E-state index contributed by atoms with van der Waals surface area (Å²) in [4.78, 5) is 12.5. The molecule has 0 spiro atoms. The van der Waals surface area contributed by atoms with Gasteiger partial charge in [0.05, 0.1) is 12.5 Å². The third-order valence-electron chi connectivity index (χ3n) is 4.23. The van der Waals surface area contributed by atoms with Crippen LogP contribution in [0, 0.1) is 0 Å². The second kappa shape index (κ2) is 5.25. The van der Waals surface area contributed by atoms with Crippen LogP contribution in [-0.2, 0) is 19.7 Å². The van der Waals surface area contributed by atoms with Crippen LogP contribution in [0.2, 0.25) is 0 Å². The molecular weight excluding hydrogens is 252 g/mol. The molecule has 20 heavy (non-hydrogen) atoms. The summed E-state index contributed by atoms with van der Waals surface area (Å²) in [5.74, 6) is -0.155. The van der Waals surface area contributed by atoms with Gasteiger partial charge < -0.3 is 9.47 Å². The van der Waals surface area contributed by atoms with E-state index in [2.05, 4.69) is 18.2 Å². The molecule has 0 radical (unpaired) electrons. The second-order valence-corrected chi connectivity index (χ2v) is 5.21. The fourth-order valence-electron chi connectivity index (χ4n) is 3.14. The molecule has 0 atom stereocenters. The van der Waals surface area contributed by atoms with E-state index in [1.807, 2.05) is 24.3 Å². The normalized spacial score (nSPS) is 17.9. The molecule has 0 aromatic heterocycles. The van der Waals surface area contributed by atoms with Crippen LogP contribution in [0.5, 0.6) is 0 Å². The third kappa shape index (κ3) is 1.98. The van der Waals surface area contributed by atoms with E-state index in [0.717, 1.165) is 16.3 Å². The molecule has 0 unspecified atom stereocenters. The van der Waals surface area contributed by atoms with E-state index in [-0.39, 0.29) is 5.97 Å². The number of hydrogen-bond donors (Lipinski definition) is 0. The van der Waals surface area contributed by atoms with Crippen LogP contribution < -0.4 is 0 Å². The largest absolute Gasteiger partial charge is 0.468 e. The van der Waals surface area contributed by atoms with Crippen molar-refractivity contribution in [1.82, 2.24) is 0 Å². The molecule has 2 aromatic rings. The Morgan fingerprint density at radius 2 is 1.80 bits per heavy atom. The highest BCUT2D eigenvalue weighted by Gasteiger charge is 2.43. The first kappa shape index (κ1) is 13.1. The van der Waals surface area contributed by atoms with Crippen molar-refractivity contribution in [1.29, 1.82) is 0 Å². The van der Waals surface area contributed by atoms with Gasteiger partial charge in [-0.2, -0.15) is 0 Å². The van der Waals surface area contributed by atoms with Crippen molar-refractivity contribution in [3.05, 3.63) is 48.0 Å². The van der Waals surface area contributed by atoms with E-state index < -0.39 is 5.41 Å². The van der Waals surface area contributed by atoms with Crippen LogP contribution in [0.15, 0.2) is 42.5 Å². The van der Waals surface area contributed by atoms with Crippen LogP contribution in [0.3, 0.4) is 0 Å². The first-order valence-corrected chi connectivity index (χ1v) is 6.92. The topological polar surface area (TPSA) is 35.5 Å². The van der Waals surface area contributed by atoms with Gasteiger partial charge in [-0.1, -0.05) is 42.5 Å². The molecule has 104 valence electrons. The van der Waals surface area contributed by atoms with Crippen LogP contribution >= 0.6 is 0 Å². The van der Waals surface area contributed by atoms with Crippen molar-refractivity contribution in [2.45, 2.75) is 18.3 Å². The Morgan fingerprint density at radius 1 is 1.10 bits per heavy atom. The molecule has 0 bridgehead atoms. The molecule has 3 heteroatoms. The Labute approximate surface area is 118 Å². The Hall–Kier alpha value is -1.87. The summed E-state index contributed by atoms with van der Waals surface area (Å²) in [5, 5.41) is 2.28. The standard InChI is InChI=1S/C17H18O3/c1-19-16(18)17(9-11-20-12-10-17)15-8-4-6-13-5-2-3-7-14(13)15/h2-8H,9-12H2,1H3. The fraction of sp³-hybridized carbons (Fsp3) is 0.353. The number of esters is 1. The maximum Gasteiger partial charge on any atom is 0.316 e. The highest BCUT2D eigenvalue weighted by molar-refractivity contribution is 5.93. The van der Waals surface area contributed by atoms with E-state index >= 15 is 0 Å². The first-order chi connectivity index (χ1) is 9.78. The van der Waals surface area contributed by atoms with Gasteiger partial charge in [0.25, 0.3) is 0 Å². The highest BCUT2D eigenvalue weighted by Crippen LogP contribution is 2.39. The van der Waals surface area contributed by atoms with Crippen LogP contribution in [0.1, 0.15) is 18.4 Å². The smallest absolute Gasteiger partial charge is 0.316 e. The lowest BCUT2D eigenvalue weighted by Gasteiger charge is -2.35. The van der Waals surface area contributed by atoms with Crippen molar-refractivity contribution in [3.63, 3.8) is 0 Å². The number of carbonyl (C=O) groups excluding carboxylic acids is 1. The molecule has 1 heterocycles. The van der Waals surface area contributed by atoms with Gasteiger partial charge in [-0.05, 0) is 29.2 Å². The van der Waals surface area contributed by atoms with Gasteiger partial charge in [0.2, 0.25) is 0 Å². The molecular formula is C17H18O3. The summed E-state index contributed by atoms with van der Waals surface area (Å²) in [6.07, 6.45) is 1.35. The maximum atomic E-state index is 12.5. The van der Waals surface area contributed by atoms with Crippen molar-refractivity contribution < 1.29 is 14.3 Å². The third-order valence-corrected chi connectivity index (χ3v) is 4.23. The molecule has 3 nitrogen and oxygen atoms in total. The lowest BCUT2D eigenvalue weighted by Crippen LogP contribution is -2.42. The quantitative estimate of drug-likeness (QED) is 0.787. The molecule has 2 aromatic carbocycles. The van der Waals surface area contributed by atoms with Crippen molar-refractivity contribution in [3.8, 4) is 0 Å². The summed E-state index contributed by atoms with van der Waals surface area (Å²) in [6, 6.07) is 14.3. The summed E-state index contributed by atoms with van der Waals surface area (Å²) < 4.78 is 10.5. The Kier molecular flexibility index (Phi) is 3.45. The first-order valence-electron chi connectivity index (χ1n) is 6.92. The monoisotopic (exact) mass is 270 g/mol. The maximum absolute atomic E-state index is 12.5. The average molecular weight is 270 g/mol. The van der Waals surface area contributed by atoms with Gasteiger partial charge in [0.1, 0.15) is 0 Å². The summed E-state index contributed by atoms with van der Waals surface area (Å²) in [6.45, 7) is 1.19. The predicted molar refractivity (Wildman–Crippen MR) is 77.7 cm³/mol. The zero-order valence-electron chi connectivity index (χ0n) is 11.6. The molecule has 0 N–H and O–H groups in total. The lowest BCUT2D eigenvalue weighted by molar-refractivity contribution is -0.151. The SMILES string of the molecule is COC(=O)C1(c2cccc3ccccc23)CCOCC1. The fourth-order valence-corrected chi connectivity index (χ4v) is 3.14. The summed E-state index contributed by atoms with van der Waals surface area (Å²) in [5.41, 5.74) is 0.485. The van der Waals surface area contributed by atoms with Gasteiger partial charge in [0, 0.05) is 13.2 Å². The minimum absolute atomic E-state index is 0.155. The minimum Gasteiger partial charge on any atom is -0.468 e. The molecule has 1 aliphatic heterocycles. The number of benzene rings is 2. The molecule has 0 aliphatic carbocycles. The summed E-state index contributed by atoms with van der Waals surface area (Å²) >= 11 is 0. The van der Waals surface area contributed by atoms with Crippen molar-refractivity contribution >= 4 is 16.7 Å². The van der Waals surface area contributed by atoms with Crippen LogP contribution in [0.4, 0.5) is 0 Å². The van der Waals surface area contributed by atoms with E-state index in [0.29, 0.717) is 26.1 Å². The van der Waals surface area contributed by atoms with Crippen LogP contribution in [-0.4, -0.2) is 26.3 Å². The van der Waals surface area contributed by atoms with Gasteiger partial charge in [-0.3, -0.25) is 4.79 Å². The molecule has 1 saturated heterocycles. The number of methoxy groups -OCH3 is 1. The van der Waals surface area contributed by atoms with Crippen LogP contribution in [0.25, 0.3) is 10.8 Å². The van der Waals surface area contributed by atoms with Gasteiger partial charge >= 0.3 is 5.97 Å². The molecule has 1 fully saturated rings. The second-order valence-electron chi connectivity index (χ2n) is 5.21. The van der Waals surface area contributed by atoms with E-state index in [4.69, 9.17) is 9.47 Å². The van der Waals surface area contributed by atoms with E-state index in [1.165, 1.54) is 7.11 Å². The van der Waals surface area contributed by atoms with Gasteiger partial charge in [-0.15, -0.1) is 0 Å². The zero-order valence-corrected chi connectivity index (χ0v) is 11.6. The Morgan fingerprint density at radius 3 is 2.55 bits per heavy atom. The molecule has 3 rings (SSSR count). The number of fused-ring (bicyclic) bond motifs is 1. The highest BCUT2D eigenvalue weighted by atomic mass is 16.5. The minimum atomic E-state index is -0.576. The average Bonchev–Trinajstić information content (AvgIpc) is 2.54. The predicted octanol–water partition coefficient (Wildman–Crippen LogP) is 3.06. The lowest BCUT2D eigenvalue weighted by atomic mass is 9.72. The van der Waals surface area contributed by atoms with Gasteiger partial charge in [0.15, 0.2) is 0 Å². The molecule has 1 aliphatic rings. The van der Waals surface area contributed by atoms with Crippen molar-refractivity contribution in [2.75, 3.05) is 20.3 Å². The zero-order chi connectivity index (χ0) is 14.0.